The van der Waals surface area contributed by atoms with E-state index in [-0.39, 0.29) is 5.03 Å². The molecule has 1 aliphatic rings. The number of allylic oxidation sites excluding steroid dienone is 1. The number of pyridine rings is 1. The number of methoxy groups -OCH3 is 1. The molecule has 184 valence electrons. The summed E-state index contributed by atoms with van der Waals surface area (Å²) in [4.78, 5) is 4.05. The summed E-state index contributed by atoms with van der Waals surface area (Å²) in [6.07, 6.45) is 6.25. The molecule has 0 amide bonds. The number of hydrogen-bond donors (Lipinski definition) is 1. The highest BCUT2D eigenvalue weighted by Gasteiger charge is 2.53. The highest BCUT2D eigenvalue weighted by Crippen LogP contribution is 2.41. The van der Waals surface area contributed by atoms with Crippen molar-refractivity contribution in [3.8, 4) is 5.75 Å². The summed E-state index contributed by atoms with van der Waals surface area (Å²) in [6.45, 7) is 10.1. The first kappa shape index (κ1) is 26.4. The molecule has 7 nitrogen and oxygen atoms in total. The van der Waals surface area contributed by atoms with Crippen molar-refractivity contribution in [3.05, 3.63) is 65.8 Å². The van der Waals surface area contributed by atoms with Gasteiger partial charge in [-0.15, -0.1) is 0 Å². The van der Waals surface area contributed by atoms with Crippen LogP contribution in [0.25, 0.3) is 0 Å². The number of unbranched alkanes of at least 4 members (excludes halogenated alkanes) is 2. The van der Waals surface area contributed by atoms with Gasteiger partial charge in [-0.1, -0.05) is 44.0 Å². The topological polar surface area (TPSA) is 86.8 Å². The number of ether oxygens (including phenoxy) is 1. The van der Waals surface area contributed by atoms with Gasteiger partial charge in [0.05, 0.1) is 24.4 Å². The van der Waals surface area contributed by atoms with Crippen molar-refractivity contribution < 1.29 is 22.5 Å². The molecule has 2 heterocycles. The molecule has 0 radical (unpaired) electrons. The zero-order valence-corrected chi connectivity index (χ0v) is 21.7. The van der Waals surface area contributed by atoms with E-state index in [0.717, 1.165) is 30.3 Å². The van der Waals surface area contributed by atoms with Gasteiger partial charge in [-0.25, -0.2) is 13.4 Å². The Morgan fingerprint density at radius 1 is 1.12 bits per heavy atom. The summed E-state index contributed by atoms with van der Waals surface area (Å²) in [7, 11) is -3.04. The van der Waals surface area contributed by atoms with Crippen molar-refractivity contribution in [1.82, 2.24) is 9.71 Å². The van der Waals surface area contributed by atoms with Gasteiger partial charge in [-0.2, -0.15) is 4.72 Å². The summed E-state index contributed by atoms with van der Waals surface area (Å²) in [5.74, 6) is 0.683. The number of aromatic nitrogens is 1. The lowest BCUT2D eigenvalue weighted by atomic mass is 9.71. The average molecular weight is 486 g/mol. The number of nitrogens with zero attached hydrogens (tertiary/aromatic N) is 1. The predicted octanol–water partition coefficient (Wildman–Crippen LogP) is 4.86. The lowest BCUT2D eigenvalue weighted by Gasteiger charge is -2.32. The van der Waals surface area contributed by atoms with E-state index in [1.807, 2.05) is 58.0 Å². The summed E-state index contributed by atoms with van der Waals surface area (Å²) in [5, 5.41) is -0.0460. The monoisotopic (exact) mass is 486 g/mol. The number of rotatable bonds is 10. The van der Waals surface area contributed by atoms with Gasteiger partial charge in [0.15, 0.2) is 5.03 Å². The first-order valence-electron chi connectivity index (χ1n) is 11.6. The van der Waals surface area contributed by atoms with Crippen LogP contribution in [0, 0.1) is 0 Å². The Labute approximate surface area is 204 Å². The average Bonchev–Trinajstić information content (AvgIpc) is 3.02. The molecule has 2 aromatic rings. The highest BCUT2D eigenvalue weighted by molar-refractivity contribution is 7.89. The van der Waals surface area contributed by atoms with E-state index in [0.29, 0.717) is 5.75 Å². The van der Waals surface area contributed by atoms with E-state index in [1.54, 1.807) is 19.2 Å². The zero-order valence-electron chi connectivity index (χ0n) is 20.9. The Hall–Kier alpha value is -2.20. The third kappa shape index (κ3) is 5.89. The molecule has 1 atom stereocenters. The van der Waals surface area contributed by atoms with Crippen LogP contribution in [0.3, 0.4) is 0 Å². The minimum atomic E-state index is -3.93. The molecule has 1 unspecified atom stereocenters. The fourth-order valence-electron chi connectivity index (χ4n) is 3.65. The van der Waals surface area contributed by atoms with Gasteiger partial charge in [0.25, 0.3) is 10.0 Å². The number of nitrogens with one attached hydrogen (secondary N) is 1. The van der Waals surface area contributed by atoms with E-state index >= 15 is 0 Å². The molecule has 1 fully saturated rings. The maximum Gasteiger partial charge on any atom is 0.492 e. The van der Waals surface area contributed by atoms with E-state index in [9.17, 15) is 8.42 Å². The Morgan fingerprint density at radius 2 is 1.76 bits per heavy atom. The van der Waals surface area contributed by atoms with E-state index < -0.39 is 34.4 Å². The maximum absolute atomic E-state index is 13.3. The van der Waals surface area contributed by atoms with Crippen molar-refractivity contribution in [2.24, 2.45) is 0 Å². The number of benzene rings is 1. The molecule has 34 heavy (non-hydrogen) atoms. The lowest BCUT2D eigenvalue weighted by molar-refractivity contribution is 0.00578. The fraction of sp³-hybridized carbons (Fsp3) is 0.480. The normalized spacial score (nSPS) is 18.6. The molecule has 0 spiro atoms. The second-order valence-electron chi connectivity index (χ2n) is 9.43. The van der Waals surface area contributed by atoms with Crippen molar-refractivity contribution >= 4 is 17.1 Å². The van der Waals surface area contributed by atoms with Crippen molar-refractivity contribution in [3.63, 3.8) is 0 Å². The largest absolute Gasteiger partial charge is 0.497 e. The summed E-state index contributed by atoms with van der Waals surface area (Å²) >= 11 is 0. The number of sulfonamides is 1. The Bertz CT molecular complexity index is 1070. The SMILES string of the molecule is CCCC/C=C(/B1OC(C)(C)C(C)(C)O1)C(NS(=O)(=O)c1ccccn1)c1ccc(OC)cc1. The highest BCUT2D eigenvalue weighted by atomic mass is 32.2. The van der Waals surface area contributed by atoms with Gasteiger partial charge in [0, 0.05) is 6.20 Å². The molecule has 0 aliphatic carbocycles. The summed E-state index contributed by atoms with van der Waals surface area (Å²) in [6, 6.07) is 11.4. The summed E-state index contributed by atoms with van der Waals surface area (Å²) < 4.78 is 47.6. The van der Waals surface area contributed by atoms with Gasteiger partial charge in [-0.05, 0) is 69.4 Å². The standard InChI is InChI=1S/C25H35BN2O5S/c1-7-8-9-12-21(26-32-24(2,3)25(4,5)33-26)23(19-14-16-20(31-6)17-15-19)28-34(29,30)22-13-10-11-18-27-22/h10-18,23,28H,7-9H2,1-6H3/b21-12+. The number of hydrogen-bond acceptors (Lipinski definition) is 6. The summed E-state index contributed by atoms with van der Waals surface area (Å²) in [5.41, 5.74) is 0.340. The molecular formula is C25H35BN2O5S. The zero-order chi connectivity index (χ0) is 25.0. The molecule has 0 saturated carbocycles. The molecule has 1 aromatic carbocycles. The van der Waals surface area contributed by atoms with Crippen LogP contribution < -0.4 is 9.46 Å². The van der Waals surface area contributed by atoms with Gasteiger partial charge in [0.1, 0.15) is 5.75 Å². The minimum Gasteiger partial charge on any atom is -0.497 e. The fourth-order valence-corrected chi connectivity index (χ4v) is 4.81. The Morgan fingerprint density at radius 3 is 2.29 bits per heavy atom. The van der Waals surface area contributed by atoms with Crippen LogP contribution >= 0.6 is 0 Å². The molecule has 9 heteroatoms. The van der Waals surface area contributed by atoms with Crippen molar-refractivity contribution in [1.29, 1.82) is 0 Å². The molecular weight excluding hydrogens is 451 g/mol. The molecule has 3 rings (SSSR count). The first-order valence-corrected chi connectivity index (χ1v) is 13.1. The van der Waals surface area contributed by atoms with E-state index in [1.165, 1.54) is 12.3 Å². The maximum atomic E-state index is 13.3. The van der Waals surface area contributed by atoms with Crippen LogP contribution in [0.1, 0.15) is 65.5 Å². The van der Waals surface area contributed by atoms with Crippen LogP contribution in [0.2, 0.25) is 0 Å². The molecule has 1 aromatic heterocycles. The van der Waals surface area contributed by atoms with Crippen LogP contribution in [-0.4, -0.2) is 38.8 Å². The third-order valence-electron chi connectivity index (χ3n) is 6.43. The quantitative estimate of drug-likeness (QED) is 0.381. The lowest BCUT2D eigenvalue weighted by Crippen LogP contribution is -2.41. The van der Waals surface area contributed by atoms with Gasteiger partial charge < -0.3 is 14.0 Å². The first-order chi connectivity index (χ1) is 16.0. The van der Waals surface area contributed by atoms with E-state index in [2.05, 4.69) is 16.6 Å². The molecule has 0 bridgehead atoms. The molecule has 1 aliphatic heterocycles. The van der Waals surface area contributed by atoms with Crippen LogP contribution in [0.4, 0.5) is 0 Å². The van der Waals surface area contributed by atoms with Gasteiger partial charge in [-0.3, -0.25) is 0 Å². The Kier molecular flexibility index (Phi) is 8.24. The Balaban J connectivity index is 2.08. The van der Waals surface area contributed by atoms with Crippen LogP contribution in [-0.2, 0) is 19.3 Å². The van der Waals surface area contributed by atoms with Gasteiger partial charge in [0.2, 0.25) is 0 Å². The minimum absolute atomic E-state index is 0.0460. The third-order valence-corrected chi connectivity index (χ3v) is 7.77. The van der Waals surface area contributed by atoms with Crippen molar-refractivity contribution in [2.45, 2.75) is 76.2 Å². The van der Waals surface area contributed by atoms with Gasteiger partial charge >= 0.3 is 7.12 Å². The molecule has 1 saturated heterocycles. The predicted molar refractivity (Wildman–Crippen MR) is 134 cm³/mol. The van der Waals surface area contributed by atoms with E-state index in [4.69, 9.17) is 14.0 Å². The van der Waals surface area contributed by atoms with Crippen LogP contribution in [0.15, 0.2) is 65.2 Å². The smallest absolute Gasteiger partial charge is 0.492 e. The second-order valence-corrected chi connectivity index (χ2v) is 11.1. The van der Waals surface area contributed by atoms with Crippen LogP contribution in [0.5, 0.6) is 5.75 Å². The second kappa shape index (κ2) is 10.6. The molecule has 1 N–H and O–H groups in total. The van der Waals surface area contributed by atoms with Crippen molar-refractivity contribution in [2.75, 3.05) is 7.11 Å².